The molecule has 16 heavy (non-hydrogen) atoms. The summed E-state index contributed by atoms with van der Waals surface area (Å²) in [6, 6.07) is -1.05. The molecule has 0 saturated heterocycles. The zero-order chi connectivity index (χ0) is 12.1. The third kappa shape index (κ3) is 3.01. The lowest BCUT2D eigenvalue weighted by Gasteiger charge is -2.10. The van der Waals surface area contributed by atoms with Gasteiger partial charge in [-0.2, -0.15) is 0 Å². The highest BCUT2D eigenvalue weighted by molar-refractivity contribution is 7.09. The molecule has 0 spiro atoms. The van der Waals surface area contributed by atoms with Gasteiger partial charge in [0.05, 0.1) is 5.69 Å². The van der Waals surface area contributed by atoms with Gasteiger partial charge >= 0.3 is 5.97 Å². The molecule has 0 aromatic carbocycles. The Balaban J connectivity index is 2.80. The molecule has 0 fully saturated rings. The minimum atomic E-state index is -1.07. The predicted molar refractivity (Wildman–Crippen MR) is 61.3 cm³/mol. The fourth-order valence-electron chi connectivity index (χ4n) is 1.32. The van der Waals surface area contributed by atoms with E-state index in [1.807, 2.05) is 0 Å². The molecule has 2 unspecified atom stereocenters. The van der Waals surface area contributed by atoms with Gasteiger partial charge in [0.25, 0.3) is 0 Å². The van der Waals surface area contributed by atoms with Crippen LogP contribution in [0.2, 0.25) is 0 Å². The number of hydrogen-bond acceptors (Lipinski definition) is 5. The molecule has 0 saturated carbocycles. The van der Waals surface area contributed by atoms with Crippen molar-refractivity contribution in [1.82, 2.24) is 4.98 Å². The SMILES string of the molecule is CCCC(OC)c1nc(C(N)C(=O)O)cs1. The minimum Gasteiger partial charge on any atom is -0.480 e. The molecule has 1 aromatic heterocycles. The predicted octanol–water partition coefficient (Wildman–Crippen LogP) is 1.72. The Hall–Kier alpha value is -0.980. The van der Waals surface area contributed by atoms with E-state index in [0.717, 1.165) is 17.8 Å². The highest BCUT2D eigenvalue weighted by Crippen LogP contribution is 2.26. The minimum absolute atomic E-state index is 0.0651. The lowest BCUT2D eigenvalue weighted by atomic mass is 10.2. The summed E-state index contributed by atoms with van der Waals surface area (Å²) >= 11 is 1.39. The first-order valence-electron chi connectivity index (χ1n) is 5.06. The van der Waals surface area contributed by atoms with Crippen LogP contribution in [-0.4, -0.2) is 23.2 Å². The molecule has 2 atom stereocenters. The first kappa shape index (κ1) is 13.1. The fourth-order valence-corrected chi connectivity index (χ4v) is 2.29. The normalized spacial score (nSPS) is 14.7. The Morgan fingerprint density at radius 3 is 2.94 bits per heavy atom. The molecule has 3 N–H and O–H groups in total. The second-order valence-corrected chi connectivity index (χ2v) is 4.33. The Bertz CT molecular complexity index is 354. The Morgan fingerprint density at radius 2 is 2.44 bits per heavy atom. The second kappa shape index (κ2) is 5.93. The van der Waals surface area contributed by atoms with E-state index in [1.165, 1.54) is 11.3 Å². The van der Waals surface area contributed by atoms with Gasteiger partial charge in [-0.05, 0) is 6.42 Å². The number of nitrogens with zero attached hydrogens (tertiary/aromatic N) is 1. The monoisotopic (exact) mass is 244 g/mol. The molecule has 0 aliphatic heterocycles. The summed E-state index contributed by atoms with van der Waals surface area (Å²) in [5, 5.41) is 11.2. The van der Waals surface area contributed by atoms with Crippen LogP contribution in [0.3, 0.4) is 0 Å². The van der Waals surface area contributed by atoms with Gasteiger partial charge in [-0.15, -0.1) is 11.3 Å². The molecule has 90 valence electrons. The van der Waals surface area contributed by atoms with Crippen molar-refractivity contribution < 1.29 is 14.6 Å². The Kier molecular flexibility index (Phi) is 4.85. The van der Waals surface area contributed by atoms with Crippen LogP contribution in [0.25, 0.3) is 0 Å². The van der Waals surface area contributed by atoms with Crippen LogP contribution in [0.4, 0.5) is 0 Å². The molecule has 1 heterocycles. The summed E-state index contributed by atoms with van der Waals surface area (Å²) in [5.41, 5.74) is 5.86. The highest BCUT2D eigenvalue weighted by Gasteiger charge is 2.20. The van der Waals surface area contributed by atoms with Crippen molar-refractivity contribution in [2.24, 2.45) is 5.73 Å². The quantitative estimate of drug-likeness (QED) is 0.795. The van der Waals surface area contributed by atoms with Crippen LogP contribution in [0.15, 0.2) is 5.38 Å². The molecule has 1 rings (SSSR count). The molecule has 0 radical (unpaired) electrons. The third-order valence-electron chi connectivity index (χ3n) is 2.24. The van der Waals surface area contributed by atoms with Gasteiger partial charge < -0.3 is 15.6 Å². The van der Waals surface area contributed by atoms with Crippen LogP contribution >= 0.6 is 11.3 Å². The van der Waals surface area contributed by atoms with Crippen LogP contribution in [0, 0.1) is 0 Å². The maximum absolute atomic E-state index is 10.7. The molecule has 0 amide bonds. The van der Waals surface area contributed by atoms with Gasteiger partial charge in [-0.1, -0.05) is 13.3 Å². The van der Waals surface area contributed by atoms with Gasteiger partial charge in [0.2, 0.25) is 0 Å². The summed E-state index contributed by atoms with van der Waals surface area (Å²) < 4.78 is 5.29. The van der Waals surface area contributed by atoms with Crippen molar-refractivity contribution in [1.29, 1.82) is 0 Å². The molecule has 0 bridgehead atoms. The summed E-state index contributed by atoms with van der Waals surface area (Å²) in [4.78, 5) is 14.9. The summed E-state index contributed by atoms with van der Waals surface area (Å²) in [6.45, 7) is 2.06. The summed E-state index contributed by atoms with van der Waals surface area (Å²) in [5.74, 6) is -1.07. The number of carbonyl (C=O) groups is 1. The van der Waals surface area contributed by atoms with E-state index in [0.29, 0.717) is 5.69 Å². The number of aromatic nitrogens is 1. The molecule has 0 aliphatic rings. The van der Waals surface area contributed by atoms with Gasteiger partial charge in [0, 0.05) is 12.5 Å². The number of ether oxygens (including phenoxy) is 1. The molecule has 1 aromatic rings. The van der Waals surface area contributed by atoms with Crippen LogP contribution in [0.1, 0.15) is 42.6 Å². The lowest BCUT2D eigenvalue weighted by molar-refractivity contribution is -0.138. The first-order chi connectivity index (χ1) is 7.60. The van der Waals surface area contributed by atoms with Gasteiger partial charge in [-0.3, -0.25) is 4.79 Å². The summed E-state index contributed by atoms with van der Waals surface area (Å²) in [6.07, 6.45) is 1.79. The number of nitrogens with two attached hydrogens (primary N) is 1. The van der Waals surface area contributed by atoms with Gasteiger partial charge in [0.15, 0.2) is 0 Å². The van der Waals surface area contributed by atoms with E-state index in [-0.39, 0.29) is 6.10 Å². The molecular weight excluding hydrogens is 228 g/mol. The van der Waals surface area contributed by atoms with Crippen LogP contribution in [-0.2, 0) is 9.53 Å². The highest BCUT2D eigenvalue weighted by atomic mass is 32.1. The van der Waals surface area contributed by atoms with Crippen molar-refractivity contribution in [3.63, 3.8) is 0 Å². The average molecular weight is 244 g/mol. The van der Waals surface area contributed by atoms with E-state index >= 15 is 0 Å². The van der Waals surface area contributed by atoms with E-state index < -0.39 is 12.0 Å². The lowest BCUT2D eigenvalue weighted by Crippen LogP contribution is -2.21. The van der Waals surface area contributed by atoms with Crippen molar-refractivity contribution in [3.05, 3.63) is 16.1 Å². The topological polar surface area (TPSA) is 85.4 Å². The first-order valence-corrected chi connectivity index (χ1v) is 5.94. The van der Waals surface area contributed by atoms with Gasteiger partial charge in [0.1, 0.15) is 17.2 Å². The van der Waals surface area contributed by atoms with Crippen molar-refractivity contribution >= 4 is 17.3 Å². The second-order valence-electron chi connectivity index (χ2n) is 3.44. The van der Waals surface area contributed by atoms with Crippen LogP contribution < -0.4 is 5.73 Å². The zero-order valence-corrected chi connectivity index (χ0v) is 10.2. The molecule has 5 nitrogen and oxygen atoms in total. The van der Waals surface area contributed by atoms with E-state index in [1.54, 1.807) is 12.5 Å². The smallest absolute Gasteiger partial charge is 0.326 e. The third-order valence-corrected chi connectivity index (χ3v) is 3.19. The average Bonchev–Trinajstić information content (AvgIpc) is 2.73. The maximum Gasteiger partial charge on any atom is 0.326 e. The van der Waals surface area contributed by atoms with Crippen LogP contribution in [0.5, 0.6) is 0 Å². The maximum atomic E-state index is 10.7. The zero-order valence-electron chi connectivity index (χ0n) is 9.34. The molecular formula is C10H16N2O3S. The number of carboxylic acids is 1. The number of thiazole rings is 1. The number of methoxy groups -OCH3 is 1. The van der Waals surface area contributed by atoms with Crippen molar-refractivity contribution in [2.45, 2.75) is 31.9 Å². The number of hydrogen-bond donors (Lipinski definition) is 2. The fraction of sp³-hybridized carbons (Fsp3) is 0.600. The standard InChI is InChI=1S/C10H16N2O3S/c1-3-4-7(15-2)9-12-6(5-16-9)8(11)10(13)14/h5,7-8H,3-4,11H2,1-2H3,(H,13,14). The summed E-state index contributed by atoms with van der Waals surface area (Å²) in [7, 11) is 1.62. The van der Waals surface area contributed by atoms with E-state index in [4.69, 9.17) is 15.6 Å². The van der Waals surface area contributed by atoms with E-state index in [2.05, 4.69) is 11.9 Å². The number of rotatable bonds is 6. The number of aliphatic carboxylic acids is 1. The van der Waals surface area contributed by atoms with Crippen molar-refractivity contribution in [2.75, 3.05) is 7.11 Å². The van der Waals surface area contributed by atoms with E-state index in [9.17, 15) is 4.79 Å². The molecule has 0 aliphatic carbocycles. The molecule has 6 heteroatoms. The van der Waals surface area contributed by atoms with Gasteiger partial charge in [-0.25, -0.2) is 4.98 Å². The number of carboxylic acid groups (broad SMARTS) is 1. The Labute approximate surface area is 98.3 Å². The van der Waals surface area contributed by atoms with Crippen molar-refractivity contribution in [3.8, 4) is 0 Å². The largest absolute Gasteiger partial charge is 0.480 e. The Morgan fingerprint density at radius 1 is 1.75 bits per heavy atom.